The minimum absolute atomic E-state index is 0.0672. The summed E-state index contributed by atoms with van der Waals surface area (Å²) in [5, 5.41) is 4.72. The van der Waals surface area contributed by atoms with Gasteiger partial charge in [-0.05, 0) is 38.1 Å². The summed E-state index contributed by atoms with van der Waals surface area (Å²) < 4.78 is 1.95. The highest BCUT2D eigenvalue weighted by Crippen LogP contribution is 2.28. The van der Waals surface area contributed by atoms with Crippen molar-refractivity contribution in [1.82, 2.24) is 24.6 Å². The van der Waals surface area contributed by atoms with E-state index in [-0.39, 0.29) is 5.91 Å². The smallest absolute Gasteiger partial charge is 0.254 e. The molecule has 6 nitrogen and oxygen atoms in total. The van der Waals surface area contributed by atoms with Crippen LogP contribution in [0.15, 0.2) is 24.5 Å². The minimum Gasteiger partial charge on any atom is -0.328 e. The van der Waals surface area contributed by atoms with E-state index in [1.54, 1.807) is 24.5 Å². The van der Waals surface area contributed by atoms with Gasteiger partial charge in [-0.3, -0.25) is 19.4 Å². The molecule has 0 saturated carbocycles. The van der Waals surface area contributed by atoms with Crippen LogP contribution in [0.3, 0.4) is 0 Å². The summed E-state index contributed by atoms with van der Waals surface area (Å²) in [7, 11) is 1.99. The Morgan fingerprint density at radius 3 is 2.62 bits per heavy atom. The Kier molecular flexibility index (Phi) is 4.06. The predicted molar refractivity (Wildman–Crippen MR) is 90.2 cm³/mol. The number of hydrogen-bond donors (Lipinski definition) is 0. The molecule has 2 aliphatic rings. The largest absolute Gasteiger partial charge is 0.328 e. The lowest BCUT2D eigenvalue weighted by atomic mass is 10.1. The van der Waals surface area contributed by atoms with E-state index in [0.29, 0.717) is 18.7 Å². The first-order valence-corrected chi connectivity index (χ1v) is 8.67. The Balaban J connectivity index is 1.51. The van der Waals surface area contributed by atoms with Crippen molar-refractivity contribution in [1.29, 1.82) is 0 Å². The van der Waals surface area contributed by atoms with E-state index < -0.39 is 0 Å². The van der Waals surface area contributed by atoms with Crippen molar-refractivity contribution in [2.45, 2.75) is 38.9 Å². The lowest BCUT2D eigenvalue weighted by molar-refractivity contribution is 0.0747. The molecule has 24 heavy (non-hydrogen) atoms. The zero-order valence-corrected chi connectivity index (χ0v) is 14.1. The van der Waals surface area contributed by atoms with E-state index in [9.17, 15) is 4.79 Å². The minimum atomic E-state index is 0.0672. The Bertz CT molecular complexity index is 733. The second-order valence-corrected chi connectivity index (χ2v) is 6.73. The lowest BCUT2D eigenvalue weighted by Crippen LogP contribution is -2.30. The van der Waals surface area contributed by atoms with Gasteiger partial charge in [0.2, 0.25) is 0 Å². The molecule has 2 aromatic heterocycles. The van der Waals surface area contributed by atoms with Crippen molar-refractivity contribution in [3.05, 3.63) is 47.0 Å². The van der Waals surface area contributed by atoms with Crippen molar-refractivity contribution in [2.24, 2.45) is 7.05 Å². The number of aryl methyl sites for hydroxylation is 1. The van der Waals surface area contributed by atoms with E-state index in [4.69, 9.17) is 5.10 Å². The molecule has 0 aliphatic carbocycles. The highest BCUT2D eigenvalue weighted by atomic mass is 16.2. The number of rotatable bonds is 3. The number of likely N-dealkylation sites (tertiary alicyclic amines) is 1. The molecule has 2 aromatic rings. The molecule has 6 heteroatoms. The normalized spacial score (nSPS) is 18.0. The first kappa shape index (κ1) is 15.3. The van der Waals surface area contributed by atoms with Crippen LogP contribution in [0.4, 0.5) is 0 Å². The van der Waals surface area contributed by atoms with Gasteiger partial charge < -0.3 is 4.90 Å². The van der Waals surface area contributed by atoms with Gasteiger partial charge in [-0.15, -0.1) is 0 Å². The fraction of sp³-hybridized carbons (Fsp3) is 0.500. The van der Waals surface area contributed by atoms with Crippen LogP contribution in [0.25, 0.3) is 0 Å². The van der Waals surface area contributed by atoms with Gasteiger partial charge in [0.15, 0.2) is 0 Å². The topological polar surface area (TPSA) is 54.3 Å². The third kappa shape index (κ3) is 2.82. The standard InChI is InChI=1S/C18H23N5O/c1-21-17-13-23(18(24)14-5-7-19-8-6-14)11-15(17)16(20-21)12-22-9-3-2-4-10-22/h5-8H,2-4,9-13H2,1H3. The molecule has 0 N–H and O–H groups in total. The van der Waals surface area contributed by atoms with E-state index in [1.807, 2.05) is 16.6 Å². The predicted octanol–water partition coefficient (Wildman–Crippen LogP) is 1.96. The summed E-state index contributed by atoms with van der Waals surface area (Å²) in [4.78, 5) is 21.1. The summed E-state index contributed by atoms with van der Waals surface area (Å²) in [6, 6.07) is 3.55. The van der Waals surface area contributed by atoms with E-state index in [1.165, 1.54) is 30.5 Å². The van der Waals surface area contributed by atoms with Crippen molar-refractivity contribution >= 4 is 5.91 Å². The molecule has 0 spiro atoms. The monoisotopic (exact) mass is 325 g/mol. The Morgan fingerprint density at radius 1 is 1.12 bits per heavy atom. The molecule has 1 amide bonds. The molecule has 0 aromatic carbocycles. The molecule has 4 rings (SSSR count). The number of piperidine rings is 1. The molecule has 126 valence electrons. The van der Waals surface area contributed by atoms with Crippen LogP contribution >= 0.6 is 0 Å². The summed E-state index contributed by atoms with van der Waals surface area (Å²) in [6.45, 7) is 4.52. The average molecular weight is 325 g/mol. The number of pyridine rings is 1. The van der Waals surface area contributed by atoms with Crippen LogP contribution in [0.5, 0.6) is 0 Å². The second-order valence-electron chi connectivity index (χ2n) is 6.73. The van der Waals surface area contributed by atoms with Gasteiger partial charge in [-0.2, -0.15) is 5.10 Å². The van der Waals surface area contributed by atoms with Gasteiger partial charge in [0.05, 0.1) is 24.5 Å². The number of amides is 1. The van der Waals surface area contributed by atoms with Crippen LogP contribution < -0.4 is 0 Å². The molecule has 0 unspecified atom stereocenters. The first-order valence-electron chi connectivity index (χ1n) is 8.67. The first-order chi connectivity index (χ1) is 11.7. The second kappa shape index (κ2) is 6.36. The fourth-order valence-electron chi connectivity index (χ4n) is 3.75. The number of aromatic nitrogens is 3. The van der Waals surface area contributed by atoms with E-state index in [0.717, 1.165) is 25.3 Å². The maximum absolute atomic E-state index is 12.7. The third-order valence-corrected chi connectivity index (χ3v) is 5.08. The Labute approximate surface area is 142 Å². The average Bonchev–Trinajstić information content (AvgIpc) is 3.18. The van der Waals surface area contributed by atoms with E-state index in [2.05, 4.69) is 9.88 Å². The molecule has 1 saturated heterocycles. The van der Waals surface area contributed by atoms with Crippen LogP contribution in [0.2, 0.25) is 0 Å². The van der Waals surface area contributed by atoms with E-state index >= 15 is 0 Å². The molecule has 4 heterocycles. The van der Waals surface area contributed by atoms with Crippen molar-refractivity contribution in [3.63, 3.8) is 0 Å². The fourth-order valence-corrected chi connectivity index (χ4v) is 3.75. The quantitative estimate of drug-likeness (QED) is 0.866. The van der Waals surface area contributed by atoms with Crippen LogP contribution in [-0.4, -0.2) is 43.6 Å². The molecule has 2 aliphatic heterocycles. The molecular formula is C18H23N5O. The highest BCUT2D eigenvalue weighted by molar-refractivity contribution is 5.94. The third-order valence-electron chi connectivity index (χ3n) is 5.08. The maximum atomic E-state index is 12.7. The highest BCUT2D eigenvalue weighted by Gasteiger charge is 2.30. The number of hydrogen-bond acceptors (Lipinski definition) is 4. The van der Waals surface area contributed by atoms with Gasteiger partial charge in [0.1, 0.15) is 0 Å². The molecule has 1 fully saturated rings. The van der Waals surface area contributed by atoms with Gasteiger partial charge in [0.25, 0.3) is 5.91 Å². The summed E-state index contributed by atoms with van der Waals surface area (Å²) >= 11 is 0. The summed E-state index contributed by atoms with van der Waals surface area (Å²) in [6.07, 6.45) is 7.23. The molecular weight excluding hydrogens is 302 g/mol. The van der Waals surface area contributed by atoms with Crippen LogP contribution in [0.1, 0.15) is 46.6 Å². The SMILES string of the molecule is Cn1nc(CN2CCCCC2)c2c1CN(C(=O)c1ccncc1)C2. The maximum Gasteiger partial charge on any atom is 0.254 e. The Morgan fingerprint density at radius 2 is 1.88 bits per heavy atom. The molecule has 0 atom stereocenters. The lowest BCUT2D eigenvalue weighted by Gasteiger charge is -2.26. The zero-order chi connectivity index (χ0) is 16.5. The number of carbonyl (C=O) groups excluding carboxylic acids is 1. The number of carbonyl (C=O) groups is 1. The summed E-state index contributed by atoms with van der Waals surface area (Å²) in [5.41, 5.74) is 4.25. The van der Waals surface area contributed by atoms with Crippen LogP contribution in [-0.2, 0) is 26.7 Å². The number of fused-ring (bicyclic) bond motifs is 1. The van der Waals surface area contributed by atoms with Crippen LogP contribution in [0, 0.1) is 0 Å². The van der Waals surface area contributed by atoms with Gasteiger partial charge in [0, 0.05) is 37.1 Å². The van der Waals surface area contributed by atoms with Gasteiger partial charge >= 0.3 is 0 Å². The molecule has 0 bridgehead atoms. The van der Waals surface area contributed by atoms with Crippen molar-refractivity contribution < 1.29 is 4.79 Å². The number of nitrogens with zero attached hydrogens (tertiary/aromatic N) is 5. The molecule has 0 radical (unpaired) electrons. The summed E-state index contributed by atoms with van der Waals surface area (Å²) in [5.74, 6) is 0.0672. The van der Waals surface area contributed by atoms with Crippen molar-refractivity contribution in [3.8, 4) is 0 Å². The van der Waals surface area contributed by atoms with Gasteiger partial charge in [-0.1, -0.05) is 6.42 Å². The Hall–Kier alpha value is -2.21. The van der Waals surface area contributed by atoms with Gasteiger partial charge in [-0.25, -0.2) is 0 Å². The van der Waals surface area contributed by atoms with Crippen molar-refractivity contribution in [2.75, 3.05) is 13.1 Å². The zero-order valence-electron chi connectivity index (χ0n) is 14.1.